The number of H-pyrrole nitrogens is 1. The summed E-state index contributed by atoms with van der Waals surface area (Å²) in [5.74, 6) is 0.861. The van der Waals surface area contributed by atoms with Crippen molar-refractivity contribution in [3.05, 3.63) is 60.2 Å². The molecule has 0 aliphatic heterocycles. The van der Waals surface area contributed by atoms with Crippen molar-refractivity contribution in [1.82, 2.24) is 20.2 Å². The minimum atomic E-state index is -0.108. The number of amides is 1. The van der Waals surface area contributed by atoms with E-state index in [4.69, 9.17) is 9.72 Å². The number of carbonyl (C=O) groups excluding carboxylic acids is 1. The topological polar surface area (TPSA) is 92.8 Å². The van der Waals surface area contributed by atoms with Crippen LogP contribution in [0.4, 0.5) is 5.69 Å². The number of nitrogens with one attached hydrogen (secondary N) is 2. The molecule has 1 amide bonds. The maximum absolute atomic E-state index is 12.5. The molecule has 3 aromatic heterocycles. The number of carbonyl (C=O) groups is 1. The van der Waals surface area contributed by atoms with Crippen LogP contribution in [0.5, 0.6) is 5.75 Å². The molecule has 4 rings (SSSR count). The van der Waals surface area contributed by atoms with E-state index < -0.39 is 0 Å². The van der Waals surface area contributed by atoms with Gasteiger partial charge in [0.15, 0.2) is 0 Å². The lowest BCUT2D eigenvalue weighted by Crippen LogP contribution is -2.15. The largest absolute Gasteiger partial charge is 0.497 e. The van der Waals surface area contributed by atoms with Gasteiger partial charge in [0.05, 0.1) is 40.5 Å². The number of nitrogens with zero attached hydrogens (tertiary/aromatic N) is 3. The Kier molecular flexibility index (Phi) is 5.67. The van der Waals surface area contributed by atoms with Gasteiger partial charge >= 0.3 is 0 Å². The van der Waals surface area contributed by atoms with Gasteiger partial charge < -0.3 is 10.1 Å². The van der Waals surface area contributed by atoms with E-state index in [1.165, 1.54) is 11.8 Å². The molecule has 0 saturated heterocycles. The highest BCUT2D eigenvalue weighted by molar-refractivity contribution is 7.99. The first kappa shape index (κ1) is 19.9. The van der Waals surface area contributed by atoms with Crippen LogP contribution in [0.2, 0.25) is 0 Å². The fraction of sp³-hybridized carbons (Fsp3) is 0.182. The van der Waals surface area contributed by atoms with Crippen molar-refractivity contribution in [2.45, 2.75) is 18.9 Å². The number of benzene rings is 1. The van der Waals surface area contributed by atoms with Gasteiger partial charge in [0.25, 0.3) is 0 Å². The summed E-state index contributed by atoms with van der Waals surface area (Å²) < 4.78 is 5.35. The molecule has 0 fully saturated rings. The molecule has 0 atom stereocenters. The molecule has 8 heteroatoms. The molecule has 0 bridgehead atoms. The summed E-state index contributed by atoms with van der Waals surface area (Å²) in [6.45, 7) is 3.73. The molecule has 0 aliphatic rings. The first-order valence-electron chi connectivity index (χ1n) is 9.38. The molecule has 152 valence electrons. The average Bonchev–Trinajstić information content (AvgIpc) is 3.09. The number of aryl methyl sites for hydroxylation is 2. The molecule has 4 aromatic rings. The third kappa shape index (κ3) is 4.13. The molecule has 30 heavy (non-hydrogen) atoms. The zero-order valence-corrected chi connectivity index (χ0v) is 17.7. The highest BCUT2D eigenvalue weighted by Crippen LogP contribution is 2.33. The second-order valence-electron chi connectivity index (χ2n) is 6.78. The summed E-state index contributed by atoms with van der Waals surface area (Å²) in [4.78, 5) is 21.5. The molecule has 0 saturated carbocycles. The number of rotatable bonds is 6. The van der Waals surface area contributed by atoms with Crippen LogP contribution in [0.3, 0.4) is 0 Å². The average molecular weight is 420 g/mol. The molecule has 0 unspecified atom stereocenters. The predicted molar refractivity (Wildman–Crippen MR) is 119 cm³/mol. The van der Waals surface area contributed by atoms with Crippen LogP contribution >= 0.6 is 11.8 Å². The van der Waals surface area contributed by atoms with Crippen molar-refractivity contribution >= 4 is 34.3 Å². The smallest absolute Gasteiger partial charge is 0.234 e. The summed E-state index contributed by atoms with van der Waals surface area (Å²) in [6, 6.07) is 11.7. The summed E-state index contributed by atoms with van der Waals surface area (Å²) in [5, 5.41) is 11.7. The minimum absolute atomic E-state index is 0.108. The van der Waals surface area contributed by atoms with Crippen molar-refractivity contribution < 1.29 is 9.53 Å². The van der Waals surface area contributed by atoms with Gasteiger partial charge in [-0.15, -0.1) is 0 Å². The quantitative estimate of drug-likeness (QED) is 0.451. The number of anilines is 1. The Morgan fingerprint density at radius 1 is 1.23 bits per heavy atom. The predicted octanol–water partition coefficient (Wildman–Crippen LogP) is 4.38. The van der Waals surface area contributed by atoms with Gasteiger partial charge in [-0.3, -0.25) is 14.9 Å². The maximum Gasteiger partial charge on any atom is 0.234 e. The van der Waals surface area contributed by atoms with E-state index in [1.54, 1.807) is 13.3 Å². The van der Waals surface area contributed by atoms with E-state index >= 15 is 0 Å². The van der Waals surface area contributed by atoms with E-state index in [9.17, 15) is 4.79 Å². The molecule has 1 aromatic carbocycles. The lowest BCUT2D eigenvalue weighted by atomic mass is 10.0. The normalized spacial score (nSPS) is 10.9. The third-order valence-electron chi connectivity index (χ3n) is 4.71. The van der Waals surface area contributed by atoms with Gasteiger partial charge in [-0.1, -0.05) is 17.8 Å². The van der Waals surface area contributed by atoms with Crippen molar-refractivity contribution in [3.8, 4) is 16.9 Å². The van der Waals surface area contributed by atoms with Crippen LogP contribution in [0.1, 0.15) is 11.4 Å². The Hall–Kier alpha value is -3.39. The van der Waals surface area contributed by atoms with Gasteiger partial charge in [0, 0.05) is 29.4 Å². The summed E-state index contributed by atoms with van der Waals surface area (Å²) in [7, 11) is 1.63. The standard InChI is InChI=1S/C22H21N5O2S/c1-13-22(14(2)27-26-13)25-20(28)12-30-21-10-18(15-5-4-8-23-11-15)17-7-6-16(29-3)9-19(17)24-21/h4-11H,12H2,1-3H3,(H,25,28)(H,26,27). The van der Waals surface area contributed by atoms with Crippen LogP contribution in [-0.4, -0.2) is 38.9 Å². The number of methoxy groups -OCH3 is 1. The highest BCUT2D eigenvalue weighted by atomic mass is 32.2. The van der Waals surface area contributed by atoms with Crippen LogP contribution < -0.4 is 10.1 Å². The number of aromatic nitrogens is 4. The monoisotopic (exact) mass is 419 g/mol. The second-order valence-corrected chi connectivity index (χ2v) is 7.77. The Morgan fingerprint density at radius 3 is 2.80 bits per heavy atom. The fourth-order valence-corrected chi connectivity index (χ4v) is 3.91. The molecule has 0 aliphatic carbocycles. The Bertz CT molecular complexity index is 1190. The number of hydrogen-bond acceptors (Lipinski definition) is 6. The van der Waals surface area contributed by atoms with E-state index in [2.05, 4.69) is 20.5 Å². The van der Waals surface area contributed by atoms with Crippen molar-refractivity contribution in [2.75, 3.05) is 18.2 Å². The zero-order chi connectivity index (χ0) is 21.1. The zero-order valence-electron chi connectivity index (χ0n) is 16.9. The van der Waals surface area contributed by atoms with Gasteiger partial charge in [-0.25, -0.2) is 4.98 Å². The number of thioether (sulfide) groups is 1. The number of hydrogen-bond donors (Lipinski definition) is 2. The van der Waals surface area contributed by atoms with Gasteiger partial charge in [0.2, 0.25) is 5.91 Å². The SMILES string of the molecule is COc1ccc2c(-c3cccnc3)cc(SCC(=O)Nc3c(C)n[nH]c3C)nc2c1. The van der Waals surface area contributed by atoms with Crippen LogP contribution in [0.15, 0.2) is 53.8 Å². The van der Waals surface area contributed by atoms with Gasteiger partial charge in [-0.2, -0.15) is 5.10 Å². The fourth-order valence-electron chi connectivity index (χ4n) is 3.20. The number of ether oxygens (including phenoxy) is 1. The number of pyridine rings is 2. The van der Waals surface area contributed by atoms with E-state index in [1.807, 2.05) is 56.4 Å². The van der Waals surface area contributed by atoms with Crippen LogP contribution in [-0.2, 0) is 4.79 Å². The van der Waals surface area contributed by atoms with Crippen LogP contribution in [0, 0.1) is 13.8 Å². The Balaban J connectivity index is 1.63. The molecule has 7 nitrogen and oxygen atoms in total. The lowest BCUT2D eigenvalue weighted by Gasteiger charge is -2.11. The second kappa shape index (κ2) is 8.54. The molecule has 2 N–H and O–H groups in total. The maximum atomic E-state index is 12.5. The van der Waals surface area contributed by atoms with E-state index in [0.717, 1.165) is 49.9 Å². The summed E-state index contributed by atoms with van der Waals surface area (Å²) in [6.07, 6.45) is 3.57. The third-order valence-corrected chi connectivity index (χ3v) is 5.62. The summed E-state index contributed by atoms with van der Waals surface area (Å²) >= 11 is 1.38. The number of fused-ring (bicyclic) bond motifs is 1. The lowest BCUT2D eigenvalue weighted by molar-refractivity contribution is -0.113. The minimum Gasteiger partial charge on any atom is -0.497 e. The highest BCUT2D eigenvalue weighted by Gasteiger charge is 2.13. The van der Waals surface area contributed by atoms with Crippen molar-refractivity contribution in [2.24, 2.45) is 0 Å². The molecule has 3 heterocycles. The molecular weight excluding hydrogens is 398 g/mol. The van der Waals surface area contributed by atoms with E-state index in [0.29, 0.717) is 0 Å². The van der Waals surface area contributed by atoms with Gasteiger partial charge in [0.1, 0.15) is 5.75 Å². The van der Waals surface area contributed by atoms with Gasteiger partial charge in [-0.05, 0) is 43.7 Å². The Morgan fingerprint density at radius 2 is 2.10 bits per heavy atom. The van der Waals surface area contributed by atoms with Crippen molar-refractivity contribution in [3.63, 3.8) is 0 Å². The molecular formula is C22H21N5O2S. The Labute approximate surface area is 178 Å². The summed E-state index contributed by atoms with van der Waals surface area (Å²) in [5.41, 5.74) is 5.14. The van der Waals surface area contributed by atoms with Crippen LogP contribution in [0.25, 0.3) is 22.0 Å². The van der Waals surface area contributed by atoms with Crippen molar-refractivity contribution in [1.29, 1.82) is 0 Å². The first-order valence-corrected chi connectivity index (χ1v) is 10.4. The van der Waals surface area contributed by atoms with E-state index in [-0.39, 0.29) is 11.7 Å². The first-order chi connectivity index (χ1) is 14.5. The molecule has 0 radical (unpaired) electrons. The number of aromatic amines is 1. The molecule has 0 spiro atoms.